The summed E-state index contributed by atoms with van der Waals surface area (Å²) in [6.45, 7) is 5.00. The van der Waals surface area contributed by atoms with E-state index in [-0.39, 0.29) is 18.5 Å². The van der Waals surface area contributed by atoms with Crippen molar-refractivity contribution in [1.29, 1.82) is 0 Å². The Morgan fingerprint density at radius 2 is 0.562 bits per heavy atom. The van der Waals surface area contributed by atoms with E-state index in [1.54, 1.807) is 0 Å². The average Bonchev–Trinajstić information content (AvgIpc) is 3.39. The van der Waals surface area contributed by atoms with E-state index in [0.29, 0.717) is 25.9 Å². The third kappa shape index (κ3) is 60.0. The SMILES string of the molecule is CCCCCCCCCCCCCCCCCCCC(=O)OCCCCCCCCCCCCCCCCCCCCCCCCCCCC(=O)NC(CO)C(O)CCCCCCCCCCCCCCCC. The highest BCUT2D eigenvalue weighted by molar-refractivity contribution is 5.76. The van der Waals surface area contributed by atoms with Crippen LogP contribution in [0.3, 0.4) is 0 Å². The van der Waals surface area contributed by atoms with Crippen LogP contribution in [-0.2, 0) is 14.3 Å². The number of esters is 1. The predicted molar refractivity (Wildman–Crippen MR) is 320 cm³/mol. The molecule has 0 rings (SSSR count). The lowest BCUT2D eigenvalue weighted by Crippen LogP contribution is -2.45. The third-order valence-corrected chi connectivity index (χ3v) is 16.2. The molecule has 0 aromatic heterocycles. The van der Waals surface area contributed by atoms with E-state index in [9.17, 15) is 19.8 Å². The second kappa shape index (κ2) is 63.4. The molecule has 2 atom stereocenters. The molecule has 0 aliphatic rings. The van der Waals surface area contributed by atoms with Gasteiger partial charge in [0.25, 0.3) is 0 Å². The molecule has 73 heavy (non-hydrogen) atoms. The summed E-state index contributed by atoms with van der Waals surface area (Å²) in [4.78, 5) is 24.6. The van der Waals surface area contributed by atoms with E-state index in [2.05, 4.69) is 19.2 Å². The van der Waals surface area contributed by atoms with E-state index in [1.165, 1.54) is 321 Å². The zero-order valence-electron chi connectivity index (χ0n) is 49.9. The lowest BCUT2D eigenvalue weighted by molar-refractivity contribution is -0.143. The minimum Gasteiger partial charge on any atom is -0.466 e. The molecule has 0 radical (unpaired) electrons. The molecule has 2 unspecified atom stereocenters. The first-order chi connectivity index (χ1) is 36.0. The number of nitrogens with one attached hydrogen (secondary N) is 1. The summed E-state index contributed by atoms with van der Waals surface area (Å²) in [5, 5.41) is 23.3. The fraction of sp³-hybridized carbons (Fsp3) is 0.970. The first-order valence-electron chi connectivity index (χ1n) is 33.8. The van der Waals surface area contributed by atoms with Gasteiger partial charge in [0.05, 0.1) is 25.4 Å². The number of unbranched alkanes of at least 4 members (excludes halogenated alkanes) is 53. The summed E-state index contributed by atoms with van der Waals surface area (Å²) in [6.07, 6.45) is 75.7. The van der Waals surface area contributed by atoms with Crippen LogP contribution in [0.25, 0.3) is 0 Å². The summed E-state index contributed by atoms with van der Waals surface area (Å²) < 4.78 is 5.51. The smallest absolute Gasteiger partial charge is 0.305 e. The van der Waals surface area contributed by atoms with Crippen molar-refractivity contribution < 1.29 is 24.5 Å². The van der Waals surface area contributed by atoms with E-state index >= 15 is 0 Å². The van der Waals surface area contributed by atoms with Crippen molar-refractivity contribution in [3.05, 3.63) is 0 Å². The third-order valence-electron chi connectivity index (χ3n) is 16.2. The Hall–Kier alpha value is -1.14. The molecule has 0 saturated heterocycles. The zero-order valence-corrected chi connectivity index (χ0v) is 49.9. The molecule has 0 spiro atoms. The molecule has 0 fully saturated rings. The second-order valence-electron chi connectivity index (χ2n) is 23.5. The molecule has 1 amide bonds. The van der Waals surface area contributed by atoms with Crippen molar-refractivity contribution >= 4 is 11.9 Å². The molecule has 0 aliphatic heterocycles. The fourth-order valence-corrected chi connectivity index (χ4v) is 11.0. The predicted octanol–water partition coefficient (Wildman–Crippen LogP) is 21.4. The molecule has 0 bridgehead atoms. The molecule has 436 valence electrons. The molecule has 0 aliphatic carbocycles. The van der Waals surface area contributed by atoms with Gasteiger partial charge in [-0.05, 0) is 25.7 Å². The van der Waals surface area contributed by atoms with Gasteiger partial charge in [-0.25, -0.2) is 0 Å². The van der Waals surface area contributed by atoms with Gasteiger partial charge >= 0.3 is 5.97 Å². The topological polar surface area (TPSA) is 95.9 Å². The highest BCUT2D eigenvalue weighted by atomic mass is 16.5. The fourth-order valence-electron chi connectivity index (χ4n) is 11.0. The van der Waals surface area contributed by atoms with E-state index in [4.69, 9.17) is 4.74 Å². The van der Waals surface area contributed by atoms with Crippen LogP contribution >= 0.6 is 0 Å². The van der Waals surface area contributed by atoms with E-state index in [1.807, 2.05) is 0 Å². The van der Waals surface area contributed by atoms with Gasteiger partial charge in [-0.15, -0.1) is 0 Å². The van der Waals surface area contributed by atoms with Crippen LogP contribution in [0.2, 0.25) is 0 Å². The van der Waals surface area contributed by atoms with Crippen LogP contribution < -0.4 is 5.32 Å². The molecule has 6 heteroatoms. The summed E-state index contributed by atoms with van der Waals surface area (Å²) in [6, 6.07) is -0.538. The van der Waals surface area contributed by atoms with Crippen LogP contribution in [0.15, 0.2) is 0 Å². The van der Waals surface area contributed by atoms with Gasteiger partial charge in [-0.2, -0.15) is 0 Å². The van der Waals surface area contributed by atoms with Crippen molar-refractivity contribution in [1.82, 2.24) is 5.32 Å². The quantitative estimate of drug-likeness (QED) is 0.0417. The largest absolute Gasteiger partial charge is 0.466 e. The van der Waals surface area contributed by atoms with Gasteiger partial charge in [-0.3, -0.25) is 9.59 Å². The zero-order chi connectivity index (χ0) is 52.9. The van der Waals surface area contributed by atoms with Gasteiger partial charge in [0, 0.05) is 12.8 Å². The lowest BCUT2D eigenvalue weighted by atomic mass is 10.0. The number of amides is 1. The average molecular weight is 1030 g/mol. The number of carbonyl (C=O) groups is 2. The van der Waals surface area contributed by atoms with E-state index < -0.39 is 12.1 Å². The molecule has 6 nitrogen and oxygen atoms in total. The standard InChI is InChI=1S/C67H133NO5/c1-3-5-7-9-11-13-15-17-19-29-33-37-41-45-49-53-57-61-67(72)73-62-58-54-50-46-42-38-34-31-28-26-24-22-20-21-23-25-27-30-32-36-40-44-48-52-56-60-66(71)68-64(63-69)65(70)59-55-51-47-43-39-35-18-16-14-12-10-8-6-4-2/h64-65,69-70H,3-63H2,1-2H3,(H,68,71). The van der Waals surface area contributed by atoms with Gasteiger partial charge in [-0.1, -0.05) is 354 Å². The van der Waals surface area contributed by atoms with Gasteiger partial charge in [0.2, 0.25) is 5.91 Å². The summed E-state index contributed by atoms with van der Waals surface area (Å²) >= 11 is 0. The van der Waals surface area contributed by atoms with Crippen LogP contribution in [0, 0.1) is 0 Å². The Kier molecular flexibility index (Phi) is 62.4. The van der Waals surface area contributed by atoms with Crippen molar-refractivity contribution in [3.8, 4) is 0 Å². The summed E-state index contributed by atoms with van der Waals surface area (Å²) in [5.41, 5.74) is 0. The number of hydrogen-bond donors (Lipinski definition) is 3. The Morgan fingerprint density at radius 1 is 0.329 bits per heavy atom. The van der Waals surface area contributed by atoms with Crippen LogP contribution in [0.5, 0.6) is 0 Å². The highest BCUT2D eigenvalue weighted by Crippen LogP contribution is 2.19. The number of rotatable bonds is 64. The lowest BCUT2D eigenvalue weighted by Gasteiger charge is -2.22. The monoisotopic (exact) mass is 1030 g/mol. The number of aliphatic hydroxyl groups excluding tert-OH is 2. The molecule has 0 aromatic carbocycles. The van der Waals surface area contributed by atoms with E-state index in [0.717, 1.165) is 38.5 Å². The maximum atomic E-state index is 12.5. The Labute approximate surface area is 457 Å². The van der Waals surface area contributed by atoms with Crippen molar-refractivity contribution in [2.24, 2.45) is 0 Å². The number of hydrogen-bond acceptors (Lipinski definition) is 5. The first kappa shape index (κ1) is 71.9. The van der Waals surface area contributed by atoms with Crippen LogP contribution in [0.1, 0.15) is 393 Å². The maximum Gasteiger partial charge on any atom is 0.305 e. The molecule has 0 heterocycles. The molecular weight excluding hydrogens is 899 g/mol. The normalized spacial score (nSPS) is 12.4. The van der Waals surface area contributed by atoms with Crippen molar-refractivity contribution in [2.75, 3.05) is 13.2 Å². The molecule has 0 aromatic rings. The van der Waals surface area contributed by atoms with Crippen LogP contribution in [0.4, 0.5) is 0 Å². The minimum absolute atomic E-state index is 0.0216. The first-order valence-corrected chi connectivity index (χ1v) is 33.8. The minimum atomic E-state index is -0.661. The Bertz CT molecular complexity index is 1050. The molecular formula is C67H133NO5. The van der Waals surface area contributed by atoms with Gasteiger partial charge in [0.15, 0.2) is 0 Å². The molecule has 3 N–H and O–H groups in total. The van der Waals surface area contributed by atoms with Crippen molar-refractivity contribution in [3.63, 3.8) is 0 Å². The Balaban J connectivity index is 3.32. The van der Waals surface area contributed by atoms with Gasteiger partial charge in [0.1, 0.15) is 0 Å². The van der Waals surface area contributed by atoms with Gasteiger partial charge < -0.3 is 20.3 Å². The highest BCUT2D eigenvalue weighted by Gasteiger charge is 2.20. The maximum absolute atomic E-state index is 12.5. The second-order valence-corrected chi connectivity index (χ2v) is 23.5. The number of carbonyl (C=O) groups excluding carboxylic acids is 2. The summed E-state index contributed by atoms with van der Waals surface area (Å²) in [5.74, 6) is -0.00852. The van der Waals surface area contributed by atoms with Crippen LogP contribution in [-0.4, -0.2) is 47.4 Å². The number of aliphatic hydroxyl groups is 2. The van der Waals surface area contributed by atoms with Crippen molar-refractivity contribution in [2.45, 2.75) is 405 Å². The Morgan fingerprint density at radius 3 is 0.836 bits per heavy atom. The summed E-state index contributed by atoms with van der Waals surface area (Å²) in [7, 11) is 0. The number of ether oxygens (including phenoxy) is 1. The molecule has 0 saturated carbocycles.